The quantitative estimate of drug-likeness (QED) is 0.374. The summed E-state index contributed by atoms with van der Waals surface area (Å²) in [4.78, 5) is 0. The highest BCUT2D eigenvalue weighted by atomic mass is 35.7. The van der Waals surface area contributed by atoms with Crippen LogP contribution in [0.1, 0.15) is 27.7 Å². The fourth-order valence-electron chi connectivity index (χ4n) is 3.13. The number of hydrogen-bond donors (Lipinski definition) is 0. The van der Waals surface area contributed by atoms with Crippen LogP contribution in [0.3, 0.4) is 0 Å². The van der Waals surface area contributed by atoms with E-state index in [1.54, 1.807) is 0 Å². The van der Waals surface area contributed by atoms with Crippen LogP contribution >= 0.6 is 0 Å². The number of halogens is 1. The predicted molar refractivity (Wildman–Crippen MR) is 119 cm³/mol. The molecule has 0 bridgehead atoms. The van der Waals surface area contributed by atoms with Crippen molar-refractivity contribution < 1.29 is 52.2 Å². The molecule has 0 aliphatic heterocycles. The lowest BCUT2D eigenvalue weighted by Crippen LogP contribution is -2.68. The number of benzene rings is 2. The summed E-state index contributed by atoms with van der Waals surface area (Å²) in [6, 6.07) is 17.5. The third-order valence-electron chi connectivity index (χ3n) is 4.37. The molecule has 9 nitrogen and oxygen atoms in total. The van der Waals surface area contributed by atoms with Crippen molar-refractivity contribution in [1.29, 1.82) is 0 Å². The Kier molecular flexibility index (Phi) is 11.0. The van der Waals surface area contributed by atoms with Crippen LogP contribution in [0.4, 0.5) is 0 Å². The van der Waals surface area contributed by atoms with Crippen LogP contribution < -0.4 is 37.6 Å². The van der Waals surface area contributed by atoms with Gasteiger partial charge in [-0.3, -0.25) is 0 Å². The van der Waals surface area contributed by atoms with E-state index in [2.05, 4.69) is 0 Å². The first-order chi connectivity index (χ1) is 16.7. The highest BCUT2D eigenvalue weighted by molar-refractivity contribution is 5.67. The number of ether oxygens (including phenoxy) is 4. The minimum Gasteiger partial charge on any atom is -0.490 e. The maximum absolute atomic E-state index is 8.49. The summed E-state index contributed by atoms with van der Waals surface area (Å²) in [5.41, 5.74) is 1.83. The van der Waals surface area contributed by atoms with Crippen molar-refractivity contribution in [3.63, 3.8) is 0 Å². The first-order valence-electron chi connectivity index (χ1n) is 11.0. The van der Waals surface area contributed by atoms with E-state index in [0.717, 1.165) is 34.1 Å². The maximum atomic E-state index is 8.49. The third kappa shape index (κ3) is 9.23. The topological polar surface area (TPSA) is 140 Å². The molecule has 1 heterocycles. The second kappa shape index (κ2) is 13.7. The second-order valence-electron chi connectivity index (χ2n) is 6.79. The summed E-state index contributed by atoms with van der Waals surface area (Å²) >= 11 is 0. The Morgan fingerprint density at radius 1 is 0.571 bits per heavy atom. The van der Waals surface area contributed by atoms with Gasteiger partial charge in [0.25, 0.3) is 0 Å². The van der Waals surface area contributed by atoms with Gasteiger partial charge in [-0.15, -0.1) is 10.2 Å². The molecule has 0 amide bonds. The molecule has 2 aromatic carbocycles. The molecule has 0 radical (unpaired) electrons. The fourth-order valence-corrected chi connectivity index (χ4v) is 3.13. The Labute approximate surface area is 206 Å². The summed E-state index contributed by atoms with van der Waals surface area (Å²) < 4.78 is 63.0. The Morgan fingerprint density at radius 2 is 0.914 bits per heavy atom. The summed E-state index contributed by atoms with van der Waals surface area (Å²) in [5.74, 6) is 4.35. The van der Waals surface area contributed by atoms with Crippen LogP contribution in [0.5, 0.6) is 23.0 Å². The standard InChI is InChI=1S/C25H29O5.ClHO4/c1-5-26-22-14-12-18(16-24(22)28-7-3)20-10-9-11-21(30-20)19-13-15-23(27-6-2)25(17-19)29-8-4;2-1(3,4)5/h9-17H,5-8H2,1-4H3;(H,2,3,4,5)/q+1;/p-1. The minimum atomic E-state index is -4.94. The van der Waals surface area contributed by atoms with Gasteiger partial charge >= 0.3 is 11.5 Å². The molecule has 0 unspecified atom stereocenters. The maximum Gasteiger partial charge on any atom is 0.360 e. The van der Waals surface area contributed by atoms with Gasteiger partial charge in [0.05, 0.1) is 37.6 Å². The largest absolute Gasteiger partial charge is 0.490 e. The first-order valence-corrected chi connectivity index (χ1v) is 12.3. The summed E-state index contributed by atoms with van der Waals surface area (Å²) in [6.07, 6.45) is 0. The van der Waals surface area contributed by atoms with Gasteiger partial charge in [0.1, 0.15) is 0 Å². The van der Waals surface area contributed by atoms with Crippen molar-refractivity contribution in [2.45, 2.75) is 27.7 Å². The molecule has 1 aromatic heterocycles. The van der Waals surface area contributed by atoms with Crippen LogP contribution in [-0.4, -0.2) is 26.4 Å². The molecule has 0 fully saturated rings. The van der Waals surface area contributed by atoms with E-state index < -0.39 is 10.2 Å². The average Bonchev–Trinajstić information content (AvgIpc) is 2.81. The van der Waals surface area contributed by atoms with Crippen molar-refractivity contribution >= 4 is 0 Å². The van der Waals surface area contributed by atoms with Crippen molar-refractivity contribution in [2.24, 2.45) is 0 Å². The summed E-state index contributed by atoms with van der Waals surface area (Å²) in [7, 11) is -4.94. The molecular weight excluding hydrogens is 480 g/mol. The van der Waals surface area contributed by atoms with Crippen molar-refractivity contribution in [3.05, 3.63) is 54.6 Å². The van der Waals surface area contributed by atoms with Crippen LogP contribution in [0, 0.1) is 10.2 Å². The number of rotatable bonds is 10. The van der Waals surface area contributed by atoms with Crippen LogP contribution in [0.2, 0.25) is 0 Å². The molecular formula is C25H29ClO9. The molecule has 0 atom stereocenters. The predicted octanol–water partition coefficient (Wildman–Crippen LogP) is 1.73. The highest BCUT2D eigenvalue weighted by Crippen LogP contribution is 2.36. The Balaban J connectivity index is 0.000000784. The van der Waals surface area contributed by atoms with E-state index in [-0.39, 0.29) is 0 Å². The van der Waals surface area contributed by atoms with E-state index in [1.807, 2.05) is 82.3 Å². The smallest absolute Gasteiger partial charge is 0.360 e. The second-order valence-corrected chi connectivity index (χ2v) is 7.55. The van der Waals surface area contributed by atoms with E-state index in [4.69, 9.17) is 42.0 Å². The molecule has 0 aliphatic rings. The molecule has 0 saturated heterocycles. The Hall–Kier alpha value is -3.08. The molecule has 10 heteroatoms. The molecule has 3 rings (SSSR count). The zero-order valence-electron chi connectivity index (χ0n) is 20.1. The zero-order chi connectivity index (χ0) is 25.8. The Morgan fingerprint density at radius 3 is 1.26 bits per heavy atom. The third-order valence-corrected chi connectivity index (χ3v) is 4.37. The van der Waals surface area contributed by atoms with Crippen molar-refractivity contribution in [3.8, 4) is 45.6 Å². The molecule has 0 N–H and O–H groups in total. The average molecular weight is 509 g/mol. The van der Waals surface area contributed by atoms with Gasteiger partial charge in [0, 0.05) is 24.3 Å². The van der Waals surface area contributed by atoms with Crippen molar-refractivity contribution in [2.75, 3.05) is 26.4 Å². The van der Waals surface area contributed by atoms with Gasteiger partial charge in [-0.25, -0.2) is 23.1 Å². The fraction of sp³-hybridized carbons (Fsp3) is 0.320. The lowest BCUT2D eigenvalue weighted by atomic mass is 10.1. The van der Waals surface area contributed by atoms with E-state index >= 15 is 0 Å². The van der Waals surface area contributed by atoms with Gasteiger partial charge in [0.2, 0.25) is 0 Å². The molecule has 3 aromatic rings. The summed E-state index contributed by atoms with van der Waals surface area (Å²) in [6.45, 7) is 10.1. The van der Waals surface area contributed by atoms with E-state index in [1.165, 1.54) is 0 Å². The van der Waals surface area contributed by atoms with Gasteiger partial charge in [-0.1, -0.05) is 0 Å². The van der Waals surface area contributed by atoms with Crippen LogP contribution in [-0.2, 0) is 0 Å². The van der Waals surface area contributed by atoms with E-state index in [9.17, 15) is 0 Å². The SMILES string of the molecule is CCOc1ccc(-c2cccc(-c3ccc(OCC)c(OCC)c3)[o+]2)cc1OCC.[O-][Cl+3]([O-])([O-])[O-]. The number of hydrogen-bond acceptors (Lipinski definition) is 8. The highest BCUT2D eigenvalue weighted by Gasteiger charge is 2.20. The normalized spacial score (nSPS) is 10.7. The van der Waals surface area contributed by atoms with Gasteiger partial charge < -0.3 is 18.9 Å². The minimum absolute atomic E-state index is 0.563. The molecule has 190 valence electrons. The molecule has 35 heavy (non-hydrogen) atoms. The lowest BCUT2D eigenvalue weighted by Gasteiger charge is -2.17. The molecule has 0 aliphatic carbocycles. The van der Waals surface area contributed by atoms with Crippen molar-refractivity contribution in [1.82, 2.24) is 0 Å². The lowest BCUT2D eigenvalue weighted by molar-refractivity contribution is -2.00. The van der Waals surface area contributed by atoms with Crippen LogP contribution in [0.15, 0.2) is 59.0 Å². The first kappa shape index (κ1) is 28.2. The molecule has 0 spiro atoms. The Bertz CT molecular complexity index is 986. The monoisotopic (exact) mass is 508 g/mol. The van der Waals surface area contributed by atoms with Crippen LogP contribution in [0.25, 0.3) is 22.6 Å². The van der Waals surface area contributed by atoms with Gasteiger partial charge in [-0.05, 0) is 58.0 Å². The zero-order valence-corrected chi connectivity index (χ0v) is 20.8. The van der Waals surface area contributed by atoms with Gasteiger partial charge in [0.15, 0.2) is 23.0 Å². The molecule has 0 saturated carbocycles. The van der Waals surface area contributed by atoms with Gasteiger partial charge in [-0.2, -0.15) is 0 Å². The summed E-state index contributed by atoms with van der Waals surface area (Å²) in [5, 5.41) is 0. The van der Waals surface area contributed by atoms with E-state index in [0.29, 0.717) is 37.9 Å².